The molecule has 0 heterocycles. The van der Waals surface area contributed by atoms with Gasteiger partial charge in [-0.3, -0.25) is 0 Å². The van der Waals surface area contributed by atoms with Crippen molar-refractivity contribution in [2.75, 3.05) is 24.1 Å². The van der Waals surface area contributed by atoms with Crippen LogP contribution in [0.25, 0.3) is 0 Å². The average molecular weight is 249 g/mol. The maximum atomic E-state index is 5.79. The Morgan fingerprint density at radius 3 is 2.33 bits per heavy atom. The Hall–Kier alpha value is -1.22. The minimum absolute atomic E-state index is 0.831. The summed E-state index contributed by atoms with van der Waals surface area (Å²) >= 11 is 0. The first-order valence-corrected chi connectivity index (χ1v) is 7.04. The van der Waals surface area contributed by atoms with Gasteiger partial charge in [0, 0.05) is 17.9 Å². The predicted molar refractivity (Wildman–Crippen MR) is 80.8 cm³/mol. The first-order valence-electron chi connectivity index (χ1n) is 7.04. The Kier molecular flexibility index (Phi) is 7.26. The number of hydrogen-bond donors (Lipinski definition) is 3. The van der Waals surface area contributed by atoms with Crippen molar-refractivity contribution in [1.82, 2.24) is 0 Å². The largest absolute Gasteiger partial charge is 0.399 e. The molecule has 0 radical (unpaired) electrons. The first kappa shape index (κ1) is 14.8. The average Bonchev–Trinajstić information content (AvgIpc) is 2.37. The van der Waals surface area contributed by atoms with Crippen LogP contribution in [-0.4, -0.2) is 13.1 Å². The van der Waals surface area contributed by atoms with Gasteiger partial charge in [-0.25, -0.2) is 0 Å². The van der Waals surface area contributed by atoms with Crippen molar-refractivity contribution < 1.29 is 0 Å². The fourth-order valence-electron chi connectivity index (χ4n) is 1.99. The summed E-state index contributed by atoms with van der Waals surface area (Å²) in [5.74, 6) is 0. The quantitative estimate of drug-likeness (QED) is 0.465. The highest BCUT2D eigenvalue weighted by Gasteiger charge is 1.96. The third-order valence-corrected chi connectivity index (χ3v) is 3.23. The van der Waals surface area contributed by atoms with Crippen molar-refractivity contribution in [1.29, 1.82) is 0 Å². The summed E-state index contributed by atoms with van der Waals surface area (Å²) in [6, 6.07) is 6.12. The van der Waals surface area contributed by atoms with E-state index < -0.39 is 0 Å². The van der Waals surface area contributed by atoms with E-state index in [0.29, 0.717) is 0 Å². The van der Waals surface area contributed by atoms with E-state index in [4.69, 9.17) is 11.5 Å². The van der Waals surface area contributed by atoms with Crippen LogP contribution in [0.2, 0.25) is 0 Å². The van der Waals surface area contributed by atoms with Gasteiger partial charge in [0.15, 0.2) is 0 Å². The van der Waals surface area contributed by atoms with Crippen LogP contribution in [0.4, 0.5) is 11.4 Å². The molecule has 0 saturated carbocycles. The standard InChI is InChI=1S/C15H27N3/c1-13-12-14(8-9-15(13)17)18-11-7-5-3-2-4-6-10-16/h8-9,12,18H,2-7,10-11,16-17H2,1H3. The first-order chi connectivity index (χ1) is 8.74. The Morgan fingerprint density at radius 1 is 1.00 bits per heavy atom. The predicted octanol–water partition coefficient (Wildman–Crippen LogP) is 3.29. The van der Waals surface area contributed by atoms with Crippen LogP contribution in [0.3, 0.4) is 0 Å². The van der Waals surface area contributed by atoms with E-state index in [1.54, 1.807) is 0 Å². The molecule has 0 aromatic heterocycles. The molecular weight excluding hydrogens is 222 g/mol. The van der Waals surface area contributed by atoms with E-state index in [1.807, 2.05) is 19.1 Å². The summed E-state index contributed by atoms with van der Waals surface area (Å²) in [7, 11) is 0. The topological polar surface area (TPSA) is 64.1 Å². The molecule has 0 spiro atoms. The molecule has 3 nitrogen and oxygen atoms in total. The number of hydrogen-bond acceptors (Lipinski definition) is 3. The molecular formula is C15H27N3. The maximum absolute atomic E-state index is 5.79. The lowest BCUT2D eigenvalue weighted by Crippen LogP contribution is -2.02. The Bertz CT molecular complexity index is 337. The van der Waals surface area contributed by atoms with Gasteiger partial charge in [-0.2, -0.15) is 0 Å². The number of aryl methyl sites for hydroxylation is 1. The van der Waals surface area contributed by atoms with Crippen molar-refractivity contribution in [3.05, 3.63) is 23.8 Å². The highest BCUT2D eigenvalue weighted by molar-refractivity contribution is 5.56. The summed E-state index contributed by atoms with van der Waals surface area (Å²) in [6.45, 7) is 3.91. The van der Waals surface area contributed by atoms with Crippen LogP contribution in [0.15, 0.2) is 18.2 Å². The van der Waals surface area contributed by atoms with E-state index >= 15 is 0 Å². The molecule has 0 atom stereocenters. The number of nitrogen functional groups attached to an aromatic ring is 1. The van der Waals surface area contributed by atoms with Crippen molar-refractivity contribution in [2.45, 2.75) is 45.4 Å². The maximum Gasteiger partial charge on any atom is 0.0345 e. The van der Waals surface area contributed by atoms with Crippen molar-refractivity contribution in [3.63, 3.8) is 0 Å². The number of nitrogens with two attached hydrogens (primary N) is 2. The number of anilines is 2. The SMILES string of the molecule is Cc1cc(NCCCCCCCCN)ccc1N. The van der Waals surface area contributed by atoms with Gasteiger partial charge in [0.05, 0.1) is 0 Å². The van der Waals surface area contributed by atoms with E-state index in [0.717, 1.165) is 24.3 Å². The van der Waals surface area contributed by atoms with Gasteiger partial charge in [-0.05, 0) is 50.1 Å². The second-order valence-corrected chi connectivity index (χ2v) is 4.91. The lowest BCUT2D eigenvalue weighted by Gasteiger charge is -2.08. The summed E-state index contributed by atoms with van der Waals surface area (Å²) in [5.41, 5.74) is 14.4. The zero-order chi connectivity index (χ0) is 13.2. The smallest absolute Gasteiger partial charge is 0.0345 e. The lowest BCUT2D eigenvalue weighted by atomic mass is 10.1. The van der Waals surface area contributed by atoms with Crippen LogP contribution in [-0.2, 0) is 0 Å². The van der Waals surface area contributed by atoms with Gasteiger partial charge >= 0.3 is 0 Å². The summed E-state index contributed by atoms with van der Waals surface area (Å²) in [4.78, 5) is 0. The Morgan fingerprint density at radius 2 is 1.67 bits per heavy atom. The molecule has 0 fully saturated rings. The minimum Gasteiger partial charge on any atom is -0.399 e. The number of benzene rings is 1. The molecule has 1 aromatic carbocycles. The molecule has 1 rings (SSSR count). The fourth-order valence-corrected chi connectivity index (χ4v) is 1.99. The van der Waals surface area contributed by atoms with Crippen molar-refractivity contribution in [2.24, 2.45) is 5.73 Å². The number of unbranched alkanes of at least 4 members (excludes halogenated alkanes) is 5. The number of nitrogens with one attached hydrogen (secondary N) is 1. The van der Waals surface area contributed by atoms with Crippen LogP contribution in [0.1, 0.15) is 44.1 Å². The second-order valence-electron chi connectivity index (χ2n) is 4.91. The van der Waals surface area contributed by atoms with Gasteiger partial charge < -0.3 is 16.8 Å². The van der Waals surface area contributed by atoms with E-state index in [-0.39, 0.29) is 0 Å². The van der Waals surface area contributed by atoms with E-state index in [9.17, 15) is 0 Å². The monoisotopic (exact) mass is 249 g/mol. The fraction of sp³-hybridized carbons (Fsp3) is 0.600. The zero-order valence-corrected chi connectivity index (χ0v) is 11.5. The normalized spacial score (nSPS) is 10.6. The van der Waals surface area contributed by atoms with Gasteiger partial charge in [0.2, 0.25) is 0 Å². The van der Waals surface area contributed by atoms with Gasteiger partial charge in [-0.15, -0.1) is 0 Å². The molecule has 0 saturated heterocycles. The number of rotatable bonds is 9. The summed E-state index contributed by atoms with van der Waals surface area (Å²) < 4.78 is 0. The highest BCUT2D eigenvalue weighted by Crippen LogP contribution is 2.16. The summed E-state index contributed by atoms with van der Waals surface area (Å²) in [5, 5.41) is 3.44. The van der Waals surface area contributed by atoms with Crippen molar-refractivity contribution in [3.8, 4) is 0 Å². The molecule has 1 aromatic rings. The van der Waals surface area contributed by atoms with Gasteiger partial charge in [0.1, 0.15) is 0 Å². The van der Waals surface area contributed by atoms with Crippen molar-refractivity contribution >= 4 is 11.4 Å². The van der Waals surface area contributed by atoms with Crippen LogP contribution < -0.4 is 16.8 Å². The molecule has 3 heteroatoms. The van der Waals surface area contributed by atoms with Gasteiger partial charge in [0.25, 0.3) is 0 Å². The zero-order valence-electron chi connectivity index (χ0n) is 11.5. The van der Waals surface area contributed by atoms with E-state index in [1.165, 1.54) is 44.2 Å². The van der Waals surface area contributed by atoms with E-state index in [2.05, 4.69) is 11.4 Å². The Labute approximate surface area is 111 Å². The molecule has 102 valence electrons. The molecule has 0 aliphatic heterocycles. The minimum atomic E-state index is 0.831. The van der Waals surface area contributed by atoms with Crippen LogP contribution in [0.5, 0.6) is 0 Å². The molecule has 5 N–H and O–H groups in total. The molecule has 0 aliphatic carbocycles. The molecule has 18 heavy (non-hydrogen) atoms. The third-order valence-electron chi connectivity index (χ3n) is 3.23. The Balaban J connectivity index is 2.05. The van der Waals surface area contributed by atoms with Crippen LogP contribution in [0, 0.1) is 6.92 Å². The lowest BCUT2D eigenvalue weighted by molar-refractivity contribution is 0.605. The van der Waals surface area contributed by atoms with Crippen LogP contribution >= 0.6 is 0 Å². The molecule has 0 aliphatic rings. The molecule has 0 unspecified atom stereocenters. The third kappa shape index (κ3) is 5.92. The van der Waals surface area contributed by atoms with Gasteiger partial charge in [-0.1, -0.05) is 25.7 Å². The molecule has 0 amide bonds. The second kappa shape index (κ2) is 8.81. The highest BCUT2D eigenvalue weighted by atomic mass is 14.9. The molecule has 0 bridgehead atoms. The summed E-state index contributed by atoms with van der Waals surface area (Å²) in [6.07, 6.45) is 7.61.